The summed E-state index contributed by atoms with van der Waals surface area (Å²) < 4.78 is 6.11. The Labute approximate surface area is 194 Å². The van der Waals surface area contributed by atoms with E-state index in [0.29, 0.717) is 18.6 Å². The van der Waals surface area contributed by atoms with Crippen LogP contribution in [0.3, 0.4) is 0 Å². The molecule has 170 valence electrons. The van der Waals surface area contributed by atoms with Gasteiger partial charge in [-0.1, -0.05) is 37.3 Å². The lowest BCUT2D eigenvalue weighted by atomic mass is 10.0. The van der Waals surface area contributed by atoms with Crippen LogP contribution in [0.25, 0.3) is 10.9 Å². The van der Waals surface area contributed by atoms with Crippen molar-refractivity contribution in [3.05, 3.63) is 77.5 Å². The minimum atomic E-state index is 0.0894. The first-order valence-electron chi connectivity index (χ1n) is 11.5. The molecule has 2 heterocycles. The maximum atomic E-state index is 13.0. The summed E-state index contributed by atoms with van der Waals surface area (Å²) in [5.41, 5.74) is 6.51. The molecule has 0 aliphatic heterocycles. The van der Waals surface area contributed by atoms with Gasteiger partial charge in [-0.3, -0.25) is 9.78 Å². The molecule has 6 heteroatoms. The van der Waals surface area contributed by atoms with Crippen molar-refractivity contribution in [2.45, 2.75) is 46.5 Å². The van der Waals surface area contributed by atoms with Gasteiger partial charge < -0.3 is 15.0 Å². The van der Waals surface area contributed by atoms with Gasteiger partial charge in [-0.2, -0.15) is 0 Å². The zero-order valence-electron chi connectivity index (χ0n) is 19.4. The number of H-pyrrole nitrogens is 1. The first kappa shape index (κ1) is 22.5. The number of benzene rings is 2. The number of ether oxygens (including phenoxy) is 1. The summed E-state index contributed by atoms with van der Waals surface area (Å²) in [7, 11) is 0. The molecule has 0 fully saturated rings. The van der Waals surface area contributed by atoms with Crippen LogP contribution in [-0.2, 0) is 6.42 Å². The van der Waals surface area contributed by atoms with Crippen molar-refractivity contribution in [1.29, 1.82) is 0 Å². The van der Waals surface area contributed by atoms with Crippen LogP contribution >= 0.6 is 0 Å². The first-order valence-corrected chi connectivity index (χ1v) is 11.5. The number of carbonyl (C=O) groups is 1. The Morgan fingerprint density at radius 3 is 2.58 bits per heavy atom. The highest BCUT2D eigenvalue weighted by atomic mass is 16.5. The summed E-state index contributed by atoms with van der Waals surface area (Å²) in [6, 6.07) is 12.1. The maximum Gasteiger partial charge on any atom is 0.166 e. The van der Waals surface area contributed by atoms with Gasteiger partial charge in [-0.25, -0.2) is 4.98 Å². The number of ketones is 1. The van der Waals surface area contributed by atoms with Crippen molar-refractivity contribution in [2.24, 2.45) is 0 Å². The molecule has 0 saturated heterocycles. The molecule has 0 radical (unpaired) electrons. The van der Waals surface area contributed by atoms with Crippen LogP contribution in [0.5, 0.6) is 5.75 Å². The molecule has 4 rings (SSSR count). The Hall–Kier alpha value is -3.67. The minimum Gasteiger partial charge on any atom is -0.491 e. The third-order valence-electron chi connectivity index (χ3n) is 5.77. The topological polar surface area (TPSA) is 79.9 Å². The molecule has 0 spiro atoms. The van der Waals surface area contributed by atoms with Crippen molar-refractivity contribution < 1.29 is 9.53 Å². The largest absolute Gasteiger partial charge is 0.491 e. The predicted octanol–water partition coefficient (Wildman–Crippen LogP) is 6.31. The number of nitrogens with zero attached hydrogens (tertiary/aromatic N) is 2. The van der Waals surface area contributed by atoms with Crippen LogP contribution in [0, 0.1) is 13.8 Å². The molecule has 2 N–H and O–H groups in total. The number of hydrogen-bond acceptors (Lipinski definition) is 5. The van der Waals surface area contributed by atoms with Crippen molar-refractivity contribution in [2.75, 3.05) is 11.9 Å². The number of aromatic nitrogens is 3. The Balaban J connectivity index is 1.68. The number of imidazole rings is 1. The van der Waals surface area contributed by atoms with E-state index < -0.39 is 0 Å². The number of fused-ring (bicyclic) bond motifs is 1. The van der Waals surface area contributed by atoms with E-state index >= 15 is 0 Å². The quantitative estimate of drug-likeness (QED) is 0.222. The summed E-state index contributed by atoms with van der Waals surface area (Å²) in [6.45, 7) is 6.72. The average molecular weight is 443 g/mol. The minimum absolute atomic E-state index is 0.0894. The van der Waals surface area contributed by atoms with Gasteiger partial charge in [0.1, 0.15) is 11.3 Å². The highest BCUT2D eigenvalue weighted by Crippen LogP contribution is 2.36. The second-order valence-corrected chi connectivity index (χ2v) is 8.29. The lowest BCUT2D eigenvalue weighted by molar-refractivity contribution is 0.0982. The summed E-state index contributed by atoms with van der Waals surface area (Å²) in [6.07, 6.45) is 8.21. The van der Waals surface area contributed by atoms with Crippen molar-refractivity contribution in [3.8, 4) is 5.75 Å². The van der Waals surface area contributed by atoms with Gasteiger partial charge in [0.2, 0.25) is 0 Å². The third kappa shape index (κ3) is 5.06. The van der Waals surface area contributed by atoms with Crippen LogP contribution in [0.1, 0.15) is 53.4 Å². The summed E-state index contributed by atoms with van der Waals surface area (Å²) in [4.78, 5) is 24.8. The van der Waals surface area contributed by atoms with Crippen molar-refractivity contribution in [3.63, 3.8) is 0 Å². The normalized spacial score (nSPS) is 11.0. The first-order chi connectivity index (χ1) is 16.1. The number of aryl methyl sites for hydroxylation is 3. The Morgan fingerprint density at radius 1 is 1.06 bits per heavy atom. The molecule has 0 unspecified atom stereocenters. The van der Waals surface area contributed by atoms with Crippen LogP contribution in [0.4, 0.5) is 11.4 Å². The molecule has 6 nitrogen and oxygen atoms in total. The summed E-state index contributed by atoms with van der Waals surface area (Å²) in [5.74, 6) is 0.808. The zero-order chi connectivity index (χ0) is 23.2. The van der Waals surface area contributed by atoms with Gasteiger partial charge >= 0.3 is 0 Å². The van der Waals surface area contributed by atoms with Gasteiger partial charge in [-0.15, -0.1) is 0 Å². The van der Waals surface area contributed by atoms with E-state index in [1.54, 1.807) is 12.5 Å². The molecular formula is C27H30N4O2. The number of aromatic amines is 1. The van der Waals surface area contributed by atoms with E-state index in [9.17, 15) is 4.79 Å². The number of hydrogen-bond donors (Lipinski definition) is 2. The molecular weight excluding hydrogens is 412 g/mol. The highest BCUT2D eigenvalue weighted by molar-refractivity contribution is 6.10. The van der Waals surface area contributed by atoms with E-state index in [4.69, 9.17) is 4.74 Å². The van der Waals surface area contributed by atoms with E-state index in [0.717, 1.165) is 64.1 Å². The van der Waals surface area contributed by atoms with Gasteiger partial charge in [0.15, 0.2) is 5.78 Å². The highest BCUT2D eigenvalue weighted by Gasteiger charge is 2.18. The molecule has 0 amide bonds. The second-order valence-electron chi connectivity index (χ2n) is 8.29. The van der Waals surface area contributed by atoms with E-state index in [1.807, 2.05) is 37.4 Å². The Morgan fingerprint density at radius 2 is 1.85 bits per heavy atom. The number of nitrogens with one attached hydrogen (secondary N) is 2. The molecule has 2 aromatic carbocycles. The van der Waals surface area contributed by atoms with Crippen LogP contribution in [0.2, 0.25) is 0 Å². The second kappa shape index (κ2) is 10.3. The fraction of sp³-hybridized carbons (Fsp3) is 0.296. The lowest BCUT2D eigenvalue weighted by Gasteiger charge is -2.18. The SMILES string of the molecule is CCCC(=O)c1cnc2c(OCCCc3cnc[nH]3)cccc2c1Nc1c(C)cccc1C. The Kier molecular flexibility index (Phi) is 7.03. The predicted molar refractivity (Wildman–Crippen MR) is 133 cm³/mol. The Bertz CT molecular complexity index is 1230. The fourth-order valence-corrected chi connectivity index (χ4v) is 4.02. The zero-order valence-corrected chi connectivity index (χ0v) is 19.4. The number of rotatable bonds is 10. The van der Waals surface area contributed by atoms with Crippen molar-refractivity contribution >= 4 is 28.1 Å². The van der Waals surface area contributed by atoms with Gasteiger partial charge in [0.05, 0.1) is 24.2 Å². The van der Waals surface area contributed by atoms with Crippen LogP contribution in [0.15, 0.2) is 55.1 Å². The summed E-state index contributed by atoms with van der Waals surface area (Å²) in [5, 5.41) is 4.46. The summed E-state index contributed by atoms with van der Waals surface area (Å²) >= 11 is 0. The smallest absolute Gasteiger partial charge is 0.166 e. The van der Waals surface area contributed by atoms with Gasteiger partial charge in [-0.05, 0) is 50.3 Å². The number of Topliss-reactive ketones (excluding diaryl/α,β-unsaturated/α-hetero) is 1. The average Bonchev–Trinajstić information content (AvgIpc) is 3.33. The fourth-order valence-electron chi connectivity index (χ4n) is 4.02. The van der Waals surface area contributed by atoms with E-state index in [1.165, 1.54) is 0 Å². The molecule has 0 saturated carbocycles. The number of pyridine rings is 1. The molecule has 0 atom stereocenters. The standard InChI is InChI=1S/C27H30N4O2/c1-4-8-23(32)22-16-29-27-21(26(22)31-25-18(2)9-5-10-19(25)3)12-6-13-24(27)33-14-7-11-20-15-28-17-30-20/h5-6,9-10,12-13,15-17H,4,7-8,11,14H2,1-3H3,(H,28,30)(H,29,31). The monoisotopic (exact) mass is 442 g/mol. The molecule has 2 aromatic heterocycles. The lowest BCUT2D eigenvalue weighted by Crippen LogP contribution is -2.08. The van der Waals surface area contributed by atoms with Crippen LogP contribution in [-0.4, -0.2) is 27.3 Å². The number of anilines is 2. The van der Waals surface area contributed by atoms with E-state index in [2.05, 4.69) is 46.2 Å². The van der Waals surface area contributed by atoms with Gasteiger partial charge in [0, 0.05) is 35.6 Å². The van der Waals surface area contributed by atoms with Crippen LogP contribution < -0.4 is 10.1 Å². The van der Waals surface area contributed by atoms with Gasteiger partial charge in [0.25, 0.3) is 0 Å². The molecule has 4 aromatic rings. The third-order valence-corrected chi connectivity index (χ3v) is 5.77. The van der Waals surface area contributed by atoms with E-state index in [-0.39, 0.29) is 5.78 Å². The molecule has 33 heavy (non-hydrogen) atoms. The number of carbonyl (C=O) groups excluding carboxylic acids is 1. The molecule has 0 bridgehead atoms. The van der Waals surface area contributed by atoms with Crippen molar-refractivity contribution in [1.82, 2.24) is 15.0 Å². The molecule has 0 aliphatic rings. The molecule has 0 aliphatic carbocycles. The maximum absolute atomic E-state index is 13.0. The number of para-hydroxylation sites is 2.